The Bertz CT molecular complexity index is 185. The molecule has 13 heavy (non-hydrogen) atoms. The zero-order valence-corrected chi connectivity index (χ0v) is 9.18. The molecular weight excluding hydrogens is 162 g/mol. The van der Waals surface area contributed by atoms with E-state index in [4.69, 9.17) is 0 Å². The first kappa shape index (κ1) is 10.7. The van der Waals surface area contributed by atoms with Crippen LogP contribution in [-0.4, -0.2) is 18.4 Å². The molecule has 0 amide bonds. The first-order chi connectivity index (χ1) is 5.91. The summed E-state index contributed by atoms with van der Waals surface area (Å²) in [5, 5.41) is 3.33. The smallest absolute Gasteiger partial charge is 0.155 e. The van der Waals surface area contributed by atoms with Crippen molar-refractivity contribution in [3.8, 4) is 0 Å². The highest BCUT2D eigenvalue weighted by molar-refractivity contribution is 5.88. The van der Waals surface area contributed by atoms with Gasteiger partial charge in [-0.2, -0.15) is 0 Å². The van der Waals surface area contributed by atoms with Crippen LogP contribution in [0.3, 0.4) is 0 Å². The fraction of sp³-hybridized carbons (Fsp3) is 0.909. The summed E-state index contributed by atoms with van der Waals surface area (Å²) < 4.78 is 0. The topological polar surface area (TPSA) is 29.1 Å². The fourth-order valence-corrected chi connectivity index (χ4v) is 1.75. The van der Waals surface area contributed by atoms with Crippen LogP contribution in [0.4, 0.5) is 0 Å². The molecule has 0 saturated carbocycles. The SMILES string of the molecule is CC1CCC(C(=O)C(C)(C)C)NC1. The van der Waals surface area contributed by atoms with Crippen LogP contribution in [0.2, 0.25) is 0 Å². The Hall–Kier alpha value is -0.370. The van der Waals surface area contributed by atoms with Crippen LogP contribution in [0.15, 0.2) is 0 Å². The van der Waals surface area contributed by atoms with E-state index in [1.54, 1.807) is 0 Å². The zero-order valence-electron chi connectivity index (χ0n) is 9.18. The molecule has 1 heterocycles. The van der Waals surface area contributed by atoms with E-state index in [0.717, 1.165) is 18.9 Å². The molecule has 0 aromatic rings. The summed E-state index contributed by atoms with van der Waals surface area (Å²) in [7, 11) is 0. The molecule has 1 rings (SSSR count). The summed E-state index contributed by atoms with van der Waals surface area (Å²) in [6, 6.07) is 0.108. The molecule has 1 fully saturated rings. The van der Waals surface area contributed by atoms with Crippen molar-refractivity contribution in [2.45, 2.75) is 46.6 Å². The number of hydrogen-bond donors (Lipinski definition) is 1. The molecule has 0 aromatic carbocycles. The molecule has 1 aliphatic heterocycles. The van der Waals surface area contributed by atoms with Gasteiger partial charge < -0.3 is 5.32 Å². The van der Waals surface area contributed by atoms with Crippen molar-refractivity contribution in [2.24, 2.45) is 11.3 Å². The predicted octanol–water partition coefficient (Wildman–Crippen LogP) is 1.99. The maximum atomic E-state index is 11.9. The van der Waals surface area contributed by atoms with Gasteiger partial charge in [-0.15, -0.1) is 0 Å². The van der Waals surface area contributed by atoms with E-state index in [9.17, 15) is 4.79 Å². The maximum absolute atomic E-state index is 11.9. The average Bonchev–Trinajstić information content (AvgIpc) is 2.03. The Morgan fingerprint density at radius 1 is 1.31 bits per heavy atom. The summed E-state index contributed by atoms with van der Waals surface area (Å²) in [5.74, 6) is 1.09. The van der Waals surface area contributed by atoms with Gasteiger partial charge in [-0.05, 0) is 25.3 Å². The molecule has 0 aliphatic carbocycles. The summed E-state index contributed by atoms with van der Waals surface area (Å²) in [6.45, 7) is 9.20. The van der Waals surface area contributed by atoms with Gasteiger partial charge in [0, 0.05) is 5.41 Å². The van der Waals surface area contributed by atoms with Gasteiger partial charge in [-0.1, -0.05) is 27.7 Å². The first-order valence-corrected chi connectivity index (χ1v) is 5.19. The van der Waals surface area contributed by atoms with E-state index in [2.05, 4.69) is 12.2 Å². The van der Waals surface area contributed by atoms with Crippen LogP contribution in [0.25, 0.3) is 0 Å². The highest BCUT2D eigenvalue weighted by Gasteiger charge is 2.31. The van der Waals surface area contributed by atoms with E-state index in [-0.39, 0.29) is 11.5 Å². The Morgan fingerprint density at radius 2 is 1.92 bits per heavy atom. The van der Waals surface area contributed by atoms with Crippen molar-refractivity contribution >= 4 is 5.78 Å². The Kier molecular flexibility index (Phi) is 3.12. The van der Waals surface area contributed by atoms with E-state index in [1.807, 2.05) is 20.8 Å². The summed E-state index contributed by atoms with van der Waals surface area (Å²) in [6.07, 6.45) is 2.19. The minimum absolute atomic E-state index is 0.108. The van der Waals surface area contributed by atoms with Gasteiger partial charge in [-0.25, -0.2) is 0 Å². The van der Waals surface area contributed by atoms with Crippen molar-refractivity contribution in [1.29, 1.82) is 0 Å². The lowest BCUT2D eigenvalue weighted by Gasteiger charge is -2.31. The Balaban J connectivity index is 2.50. The summed E-state index contributed by atoms with van der Waals surface area (Å²) in [4.78, 5) is 11.9. The number of piperidine rings is 1. The normalized spacial score (nSPS) is 30.2. The van der Waals surface area contributed by atoms with E-state index in [1.165, 1.54) is 6.42 Å². The van der Waals surface area contributed by atoms with Crippen LogP contribution < -0.4 is 5.32 Å². The Labute approximate surface area is 81.1 Å². The minimum Gasteiger partial charge on any atom is -0.307 e. The zero-order chi connectivity index (χ0) is 10.1. The van der Waals surface area contributed by atoms with Crippen molar-refractivity contribution in [3.63, 3.8) is 0 Å². The number of carbonyl (C=O) groups is 1. The van der Waals surface area contributed by atoms with Crippen molar-refractivity contribution in [2.75, 3.05) is 6.54 Å². The number of ketones is 1. The quantitative estimate of drug-likeness (QED) is 0.673. The molecule has 2 heteroatoms. The third-order valence-corrected chi connectivity index (χ3v) is 2.72. The molecule has 0 aromatic heterocycles. The summed E-state index contributed by atoms with van der Waals surface area (Å²) >= 11 is 0. The third-order valence-electron chi connectivity index (χ3n) is 2.72. The molecule has 0 radical (unpaired) electrons. The first-order valence-electron chi connectivity index (χ1n) is 5.19. The second-order valence-corrected chi connectivity index (χ2v) is 5.26. The molecular formula is C11H21NO. The van der Waals surface area contributed by atoms with Gasteiger partial charge in [0.2, 0.25) is 0 Å². The van der Waals surface area contributed by atoms with Crippen molar-refractivity contribution < 1.29 is 4.79 Å². The number of nitrogens with one attached hydrogen (secondary N) is 1. The summed E-state index contributed by atoms with van der Waals surface area (Å²) in [5.41, 5.74) is -0.196. The second-order valence-electron chi connectivity index (χ2n) is 5.26. The van der Waals surface area contributed by atoms with Gasteiger partial charge in [0.1, 0.15) is 0 Å². The van der Waals surface area contributed by atoms with Gasteiger partial charge in [0.25, 0.3) is 0 Å². The number of hydrogen-bond acceptors (Lipinski definition) is 2. The largest absolute Gasteiger partial charge is 0.307 e. The van der Waals surface area contributed by atoms with Crippen molar-refractivity contribution in [1.82, 2.24) is 5.32 Å². The number of rotatable bonds is 1. The second kappa shape index (κ2) is 3.79. The van der Waals surface area contributed by atoms with Gasteiger partial charge in [0.05, 0.1) is 6.04 Å². The molecule has 2 atom stereocenters. The molecule has 1 aliphatic rings. The number of carbonyl (C=O) groups excluding carboxylic acids is 1. The van der Waals surface area contributed by atoms with Crippen LogP contribution in [0.5, 0.6) is 0 Å². The van der Waals surface area contributed by atoms with E-state index in [0.29, 0.717) is 5.78 Å². The molecule has 0 spiro atoms. The lowest BCUT2D eigenvalue weighted by atomic mass is 9.82. The maximum Gasteiger partial charge on any atom is 0.155 e. The van der Waals surface area contributed by atoms with Crippen LogP contribution in [0, 0.1) is 11.3 Å². The van der Waals surface area contributed by atoms with Crippen LogP contribution in [-0.2, 0) is 4.79 Å². The average molecular weight is 183 g/mol. The standard InChI is InChI=1S/C11H21NO/c1-8-5-6-9(12-7-8)10(13)11(2,3)4/h8-9,12H,5-7H2,1-4H3. The lowest BCUT2D eigenvalue weighted by molar-refractivity contribution is -0.129. The fourth-order valence-electron chi connectivity index (χ4n) is 1.75. The molecule has 1 N–H and O–H groups in total. The molecule has 76 valence electrons. The molecule has 0 bridgehead atoms. The Morgan fingerprint density at radius 3 is 2.31 bits per heavy atom. The van der Waals surface area contributed by atoms with Crippen LogP contribution in [0.1, 0.15) is 40.5 Å². The number of Topliss-reactive ketones (excluding diaryl/α,β-unsaturated/α-hetero) is 1. The van der Waals surface area contributed by atoms with E-state index >= 15 is 0 Å². The predicted molar refractivity (Wildman–Crippen MR) is 54.7 cm³/mol. The highest BCUT2D eigenvalue weighted by Crippen LogP contribution is 2.22. The third kappa shape index (κ3) is 2.80. The molecule has 2 nitrogen and oxygen atoms in total. The van der Waals surface area contributed by atoms with Crippen LogP contribution >= 0.6 is 0 Å². The highest BCUT2D eigenvalue weighted by atomic mass is 16.1. The van der Waals surface area contributed by atoms with Crippen molar-refractivity contribution in [3.05, 3.63) is 0 Å². The lowest BCUT2D eigenvalue weighted by Crippen LogP contribution is -2.47. The van der Waals surface area contributed by atoms with Gasteiger partial charge in [0.15, 0.2) is 5.78 Å². The molecule has 1 saturated heterocycles. The minimum atomic E-state index is -0.196. The van der Waals surface area contributed by atoms with Gasteiger partial charge in [-0.3, -0.25) is 4.79 Å². The van der Waals surface area contributed by atoms with Gasteiger partial charge >= 0.3 is 0 Å². The molecule has 2 unspecified atom stereocenters. The monoisotopic (exact) mass is 183 g/mol. The van der Waals surface area contributed by atoms with E-state index < -0.39 is 0 Å².